The quantitative estimate of drug-likeness (QED) is 0.576. The Hall–Kier alpha value is -3.27. The molecule has 0 radical (unpaired) electrons. The second-order valence-electron chi connectivity index (χ2n) is 5.50. The molecule has 4 nitrogen and oxygen atoms in total. The highest BCUT2D eigenvalue weighted by atomic mass is 16.5. The maximum atomic E-state index is 12.5. The number of rotatable bonds is 3. The zero-order valence-corrected chi connectivity index (χ0v) is 13.2. The van der Waals surface area contributed by atoms with Gasteiger partial charge in [0.25, 0.3) is 5.56 Å². The molecule has 0 aliphatic carbocycles. The van der Waals surface area contributed by atoms with Gasteiger partial charge in [-0.1, -0.05) is 18.2 Å². The van der Waals surface area contributed by atoms with Crippen molar-refractivity contribution in [2.45, 2.75) is 0 Å². The van der Waals surface area contributed by atoms with Crippen LogP contribution in [-0.4, -0.2) is 16.2 Å². The number of pyridine rings is 1. The van der Waals surface area contributed by atoms with E-state index in [1.807, 2.05) is 72.9 Å². The van der Waals surface area contributed by atoms with E-state index in [1.165, 1.54) is 0 Å². The van der Waals surface area contributed by atoms with Crippen molar-refractivity contribution in [2.24, 2.45) is 0 Å². The van der Waals surface area contributed by atoms with Crippen LogP contribution in [0.1, 0.15) is 0 Å². The molecular formula is C20H16N2O2. The molecular weight excluding hydrogens is 300 g/mol. The predicted molar refractivity (Wildman–Crippen MR) is 95.4 cm³/mol. The van der Waals surface area contributed by atoms with E-state index in [4.69, 9.17) is 4.74 Å². The molecule has 0 atom stereocenters. The Kier molecular flexibility index (Phi) is 3.43. The molecule has 4 rings (SSSR count). The van der Waals surface area contributed by atoms with Crippen molar-refractivity contribution in [2.75, 3.05) is 7.11 Å². The SMILES string of the molecule is COc1ccc(-n2c(=O)ccc3c2ccn3-c2ccccc2)cc1. The number of benzene rings is 2. The van der Waals surface area contributed by atoms with Crippen molar-refractivity contribution in [1.82, 2.24) is 9.13 Å². The van der Waals surface area contributed by atoms with Crippen LogP contribution >= 0.6 is 0 Å². The van der Waals surface area contributed by atoms with Crippen molar-refractivity contribution >= 4 is 11.0 Å². The van der Waals surface area contributed by atoms with Gasteiger partial charge in [0, 0.05) is 23.6 Å². The maximum absolute atomic E-state index is 12.5. The molecule has 118 valence electrons. The van der Waals surface area contributed by atoms with Crippen LogP contribution in [0.3, 0.4) is 0 Å². The van der Waals surface area contributed by atoms with Crippen molar-refractivity contribution < 1.29 is 4.74 Å². The molecule has 2 heterocycles. The third-order valence-corrected chi connectivity index (χ3v) is 4.11. The van der Waals surface area contributed by atoms with E-state index in [1.54, 1.807) is 17.7 Å². The Morgan fingerprint density at radius 3 is 2.21 bits per heavy atom. The Bertz CT molecular complexity index is 1040. The lowest BCUT2D eigenvalue weighted by Crippen LogP contribution is -2.17. The first kappa shape index (κ1) is 14.3. The molecule has 0 spiro atoms. The fourth-order valence-corrected chi connectivity index (χ4v) is 2.94. The van der Waals surface area contributed by atoms with Crippen LogP contribution in [0.2, 0.25) is 0 Å². The predicted octanol–water partition coefficient (Wildman–Crippen LogP) is 3.79. The van der Waals surface area contributed by atoms with Crippen molar-refractivity contribution in [3.8, 4) is 17.1 Å². The van der Waals surface area contributed by atoms with Crippen molar-refractivity contribution in [3.05, 3.63) is 89.3 Å². The molecule has 2 aromatic heterocycles. The second kappa shape index (κ2) is 5.74. The van der Waals surface area contributed by atoms with E-state index in [9.17, 15) is 4.79 Å². The summed E-state index contributed by atoms with van der Waals surface area (Å²) in [5, 5.41) is 0. The number of hydrogen-bond acceptors (Lipinski definition) is 2. The van der Waals surface area contributed by atoms with Gasteiger partial charge in [0.15, 0.2) is 0 Å². The molecule has 0 unspecified atom stereocenters. The zero-order valence-electron chi connectivity index (χ0n) is 13.2. The summed E-state index contributed by atoms with van der Waals surface area (Å²) < 4.78 is 8.99. The highest BCUT2D eigenvalue weighted by molar-refractivity contribution is 5.80. The highest BCUT2D eigenvalue weighted by Gasteiger charge is 2.10. The summed E-state index contributed by atoms with van der Waals surface area (Å²) in [6.07, 6.45) is 1.99. The van der Waals surface area contributed by atoms with Gasteiger partial charge < -0.3 is 9.30 Å². The Balaban J connectivity index is 1.94. The first-order valence-corrected chi connectivity index (χ1v) is 7.71. The molecule has 0 saturated heterocycles. The van der Waals surface area contributed by atoms with Gasteiger partial charge in [-0.15, -0.1) is 0 Å². The molecule has 0 aliphatic heterocycles. The van der Waals surface area contributed by atoms with Crippen LogP contribution < -0.4 is 10.3 Å². The van der Waals surface area contributed by atoms with Crippen LogP contribution in [0.15, 0.2) is 83.8 Å². The van der Waals surface area contributed by atoms with E-state index in [0.717, 1.165) is 28.2 Å². The summed E-state index contributed by atoms with van der Waals surface area (Å²) >= 11 is 0. The number of ether oxygens (including phenoxy) is 1. The van der Waals surface area contributed by atoms with Gasteiger partial charge in [0.05, 0.1) is 18.1 Å². The monoisotopic (exact) mass is 316 g/mol. The van der Waals surface area contributed by atoms with Crippen molar-refractivity contribution in [1.29, 1.82) is 0 Å². The van der Waals surface area contributed by atoms with Gasteiger partial charge in [-0.05, 0) is 48.5 Å². The summed E-state index contributed by atoms with van der Waals surface area (Å²) in [4.78, 5) is 12.5. The highest BCUT2D eigenvalue weighted by Crippen LogP contribution is 2.22. The standard InChI is InChI=1S/C20H16N2O2/c1-24-17-9-7-16(8-10-17)22-19-13-14-21(15-5-3-2-4-6-15)18(19)11-12-20(22)23/h2-14H,1H3. The topological polar surface area (TPSA) is 36.2 Å². The molecule has 0 aliphatic rings. The molecule has 4 aromatic rings. The van der Waals surface area contributed by atoms with Crippen LogP contribution in [0.5, 0.6) is 5.75 Å². The van der Waals surface area contributed by atoms with E-state index in [2.05, 4.69) is 4.57 Å². The number of aromatic nitrogens is 2. The van der Waals surface area contributed by atoms with E-state index >= 15 is 0 Å². The van der Waals surface area contributed by atoms with Crippen LogP contribution in [0, 0.1) is 0 Å². The summed E-state index contributed by atoms with van der Waals surface area (Å²) in [5.41, 5.74) is 3.68. The van der Waals surface area contributed by atoms with Crippen LogP contribution in [0.25, 0.3) is 22.4 Å². The third-order valence-electron chi connectivity index (χ3n) is 4.11. The summed E-state index contributed by atoms with van der Waals surface area (Å²) in [5.74, 6) is 0.765. The van der Waals surface area contributed by atoms with Gasteiger partial charge in [-0.2, -0.15) is 0 Å². The zero-order chi connectivity index (χ0) is 16.5. The molecule has 0 N–H and O–H groups in total. The Morgan fingerprint density at radius 2 is 1.50 bits per heavy atom. The lowest BCUT2D eigenvalue weighted by Gasteiger charge is -2.10. The molecule has 0 amide bonds. The van der Waals surface area contributed by atoms with Crippen LogP contribution in [0.4, 0.5) is 0 Å². The normalized spacial score (nSPS) is 10.9. The number of fused-ring (bicyclic) bond motifs is 1. The molecule has 0 bridgehead atoms. The van der Waals surface area contributed by atoms with Gasteiger partial charge in [-0.3, -0.25) is 9.36 Å². The minimum absolute atomic E-state index is 0.0570. The molecule has 0 saturated carbocycles. The summed E-state index contributed by atoms with van der Waals surface area (Å²) in [6.45, 7) is 0. The first-order valence-electron chi connectivity index (χ1n) is 7.71. The van der Waals surface area contributed by atoms with Gasteiger partial charge in [0.1, 0.15) is 5.75 Å². The number of para-hydroxylation sites is 1. The van der Waals surface area contributed by atoms with Crippen molar-refractivity contribution in [3.63, 3.8) is 0 Å². The smallest absolute Gasteiger partial charge is 0.255 e. The van der Waals surface area contributed by atoms with Gasteiger partial charge >= 0.3 is 0 Å². The lowest BCUT2D eigenvalue weighted by molar-refractivity contribution is 0.415. The fourth-order valence-electron chi connectivity index (χ4n) is 2.94. The summed E-state index contributed by atoms with van der Waals surface area (Å²) in [6, 6.07) is 23.0. The average molecular weight is 316 g/mol. The van der Waals surface area contributed by atoms with E-state index in [-0.39, 0.29) is 5.56 Å². The molecule has 4 heteroatoms. The average Bonchev–Trinajstić information content (AvgIpc) is 3.06. The van der Waals surface area contributed by atoms with Gasteiger partial charge in [-0.25, -0.2) is 0 Å². The lowest BCUT2D eigenvalue weighted by atomic mass is 10.2. The first-order chi connectivity index (χ1) is 11.8. The van der Waals surface area contributed by atoms with Gasteiger partial charge in [0.2, 0.25) is 0 Å². The third kappa shape index (κ3) is 2.29. The largest absolute Gasteiger partial charge is 0.497 e. The number of hydrogen-bond donors (Lipinski definition) is 0. The molecule has 2 aromatic carbocycles. The number of nitrogens with zero attached hydrogens (tertiary/aromatic N) is 2. The van der Waals surface area contributed by atoms with E-state index in [0.29, 0.717) is 0 Å². The molecule has 0 fully saturated rings. The fraction of sp³-hybridized carbons (Fsp3) is 0.0500. The summed E-state index contributed by atoms with van der Waals surface area (Å²) in [7, 11) is 1.63. The Labute approximate surface area is 139 Å². The number of methoxy groups -OCH3 is 1. The minimum Gasteiger partial charge on any atom is -0.497 e. The molecule has 24 heavy (non-hydrogen) atoms. The second-order valence-corrected chi connectivity index (χ2v) is 5.50. The minimum atomic E-state index is -0.0570. The van der Waals surface area contributed by atoms with E-state index < -0.39 is 0 Å². The maximum Gasteiger partial charge on any atom is 0.255 e. The van der Waals surface area contributed by atoms with Crippen LogP contribution in [-0.2, 0) is 0 Å². The Morgan fingerprint density at radius 1 is 0.750 bits per heavy atom.